The van der Waals surface area contributed by atoms with Crippen molar-refractivity contribution >= 4 is 17.2 Å². The van der Waals surface area contributed by atoms with Gasteiger partial charge in [0.1, 0.15) is 0 Å². The second-order valence-corrected chi connectivity index (χ2v) is 6.59. The van der Waals surface area contributed by atoms with Crippen molar-refractivity contribution in [2.24, 2.45) is 0 Å². The molecule has 1 heterocycles. The molecule has 3 nitrogen and oxygen atoms in total. The molecular weight excluding hydrogens is 304 g/mol. The summed E-state index contributed by atoms with van der Waals surface area (Å²) in [6.07, 6.45) is 2.68. The zero-order chi connectivity index (χ0) is 16.8. The van der Waals surface area contributed by atoms with Gasteiger partial charge in [-0.25, -0.2) is 0 Å². The summed E-state index contributed by atoms with van der Waals surface area (Å²) in [7, 11) is 0. The van der Waals surface area contributed by atoms with Crippen molar-refractivity contribution in [1.29, 1.82) is 5.26 Å². The SMILES string of the molecule is C=CCN(Cc1ccc(C#N)cc1)C(=O)c1cc(CC)c(C)s1. The number of aryl methyl sites for hydroxylation is 2. The summed E-state index contributed by atoms with van der Waals surface area (Å²) < 4.78 is 0. The van der Waals surface area contributed by atoms with E-state index in [4.69, 9.17) is 5.26 Å². The Morgan fingerprint density at radius 1 is 1.39 bits per heavy atom. The number of rotatable bonds is 6. The summed E-state index contributed by atoms with van der Waals surface area (Å²) in [5, 5.41) is 8.86. The zero-order valence-electron chi connectivity index (χ0n) is 13.5. The number of benzene rings is 1. The van der Waals surface area contributed by atoms with E-state index in [0.717, 1.165) is 16.9 Å². The molecule has 0 aliphatic carbocycles. The van der Waals surface area contributed by atoms with Gasteiger partial charge in [0.15, 0.2) is 0 Å². The molecule has 0 atom stereocenters. The van der Waals surface area contributed by atoms with Crippen LogP contribution < -0.4 is 0 Å². The van der Waals surface area contributed by atoms with Gasteiger partial charge in [-0.2, -0.15) is 5.26 Å². The lowest BCUT2D eigenvalue weighted by Crippen LogP contribution is -2.30. The highest BCUT2D eigenvalue weighted by molar-refractivity contribution is 7.14. The van der Waals surface area contributed by atoms with E-state index in [1.807, 2.05) is 18.2 Å². The molecule has 2 aromatic rings. The number of hydrogen-bond acceptors (Lipinski definition) is 3. The Morgan fingerprint density at radius 2 is 2.09 bits per heavy atom. The van der Waals surface area contributed by atoms with Gasteiger partial charge in [-0.3, -0.25) is 4.79 Å². The molecule has 0 spiro atoms. The minimum atomic E-state index is 0.0297. The second kappa shape index (κ2) is 7.75. The van der Waals surface area contributed by atoms with Crippen LogP contribution in [0.2, 0.25) is 0 Å². The van der Waals surface area contributed by atoms with E-state index in [0.29, 0.717) is 18.7 Å². The van der Waals surface area contributed by atoms with Gasteiger partial charge in [0.25, 0.3) is 5.91 Å². The van der Waals surface area contributed by atoms with E-state index >= 15 is 0 Å². The first-order valence-electron chi connectivity index (χ1n) is 7.57. The van der Waals surface area contributed by atoms with Crippen molar-refractivity contribution < 1.29 is 4.79 Å². The third-order valence-corrected chi connectivity index (χ3v) is 4.79. The number of carbonyl (C=O) groups is 1. The Kier molecular flexibility index (Phi) is 5.72. The van der Waals surface area contributed by atoms with Crippen molar-refractivity contribution in [3.63, 3.8) is 0 Å². The van der Waals surface area contributed by atoms with Crippen LogP contribution in [-0.4, -0.2) is 17.4 Å². The first-order valence-corrected chi connectivity index (χ1v) is 8.39. The lowest BCUT2D eigenvalue weighted by atomic mass is 10.1. The normalized spacial score (nSPS) is 10.1. The number of amides is 1. The Hall–Kier alpha value is -2.38. The van der Waals surface area contributed by atoms with Gasteiger partial charge in [-0.1, -0.05) is 25.1 Å². The van der Waals surface area contributed by atoms with E-state index < -0.39 is 0 Å². The minimum absolute atomic E-state index is 0.0297. The zero-order valence-corrected chi connectivity index (χ0v) is 14.3. The van der Waals surface area contributed by atoms with Crippen LogP contribution in [0.3, 0.4) is 0 Å². The molecule has 0 saturated carbocycles. The Balaban J connectivity index is 2.20. The standard InChI is InChI=1S/C19H20N2OS/c1-4-10-21(13-16-8-6-15(12-20)7-9-16)19(22)18-11-17(5-2)14(3)23-18/h4,6-9,11H,1,5,10,13H2,2-3H3. The molecule has 0 saturated heterocycles. The fourth-order valence-electron chi connectivity index (χ4n) is 2.41. The minimum Gasteiger partial charge on any atom is -0.330 e. The molecule has 0 aliphatic heterocycles. The summed E-state index contributed by atoms with van der Waals surface area (Å²) in [5.41, 5.74) is 2.86. The van der Waals surface area contributed by atoms with E-state index in [1.165, 1.54) is 10.4 Å². The Bertz CT molecular complexity index is 738. The van der Waals surface area contributed by atoms with Crippen LogP contribution >= 0.6 is 11.3 Å². The quantitative estimate of drug-likeness (QED) is 0.743. The maximum atomic E-state index is 12.8. The molecule has 4 heteroatoms. The molecule has 0 N–H and O–H groups in total. The number of carbonyl (C=O) groups excluding carboxylic acids is 1. The van der Waals surface area contributed by atoms with Gasteiger partial charge in [-0.15, -0.1) is 17.9 Å². The monoisotopic (exact) mass is 324 g/mol. The summed E-state index contributed by atoms with van der Waals surface area (Å²) in [4.78, 5) is 16.5. The van der Waals surface area contributed by atoms with Gasteiger partial charge in [0.2, 0.25) is 0 Å². The summed E-state index contributed by atoms with van der Waals surface area (Å²) in [5.74, 6) is 0.0297. The van der Waals surface area contributed by atoms with Crippen molar-refractivity contribution in [2.75, 3.05) is 6.54 Å². The Labute approximate surface area is 141 Å². The summed E-state index contributed by atoms with van der Waals surface area (Å²) >= 11 is 1.55. The maximum Gasteiger partial charge on any atom is 0.264 e. The largest absolute Gasteiger partial charge is 0.330 e. The fraction of sp³-hybridized carbons (Fsp3) is 0.263. The van der Waals surface area contributed by atoms with E-state index in [9.17, 15) is 4.79 Å². The Morgan fingerprint density at radius 3 is 2.61 bits per heavy atom. The van der Waals surface area contributed by atoms with Crippen LogP contribution in [0.15, 0.2) is 43.0 Å². The molecular formula is C19H20N2OS. The number of thiophene rings is 1. The van der Waals surface area contributed by atoms with Gasteiger partial charge >= 0.3 is 0 Å². The van der Waals surface area contributed by atoms with Crippen molar-refractivity contribution in [3.8, 4) is 6.07 Å². The molecule has 2 rings (SSSR count). The van der Waals surface area contributed by atoms with Crippen LogP contribution in [0.4, 0.5) is 0 Å². The average molecular weight is 324 g/mol. The molecule has 0 radical (unpaired) electrons. The average Bonchev–Trinajstić information content (AvgIpc) is 2.95. The van der Waals surface area contributed by atoms with E-state index in [1.54, 1.807) is 34.4 Å². The van der Waals surface area contributed by atoms with E-state index in [-0.39, 0.29) is 5.91 Å². The summed E-state index contributed by atoms with van der Waals surface area (Å²) in [6.45, 7) is 8.91. The highest BCUT2D eigenvalue weighted by Crippen LogP contribution is 2.24. The first kappa shape index (κ1) is 17.0. The number of nitrogens with zero attached hydrogens (tertiary/aromatic N) is 2. The molecule has 23 heavy (non-hydrogen) atoms. The molecule has 118 valence electrons. The van der Waals surface area contributed by atoms with Crippen molar-refractivity contribution in [1.82, 2.24) is 4.90 Å². The van der Waals surface area contributed by atoms with Gasteiger partial charge in [-0.05, 0) is 42.7 Å². The maximum absolute atomic E-state index is 12.8. The van der Waals surface area contributed by atoms with Crippen LogP contribution in [0.1, 0.15) is 38.2 Å². The molecule has 1 aromatic carbocycles. The van der Waals surface area contributed by atoms with Crippen molar-refractivity contribution in [3.05, 3.63) is 69.4 Å². The molecule has 0 aliphatic rings. The van der Waals surface area contributed by atoms with Gasteiger partial charge in [0.05, 0.1) is 16.5 Å². The van der Waals surface area contributed by atoms with Gasteiger partial charge in [0, 0.05) is 18.0 Å². The van der Waals surface area contributed by atoms with Crippen molar-refractivity contribution in [2.45, 2.75) is 26.8 Å². The lowest BCUT2D eigenvalue weighted by Gasteiger charge is -2.20. The number of nitriles is 1. The van der Waals surface area contributed by atoms with E-state index in [2.05, 4.69) is 26.5 Å². The van der Waals surface area contributed by atoms with Gasteiger partial charge < -0.3 is 4.90 Å². The fourth-order valence-corrected chi connectivity index (χ4v) is 3.49. The summed E-state index contributed by atoms with van der Waals surface area (Å²) in [6, 6.07) is 11.4. The predicted octanol–water partition coefficient (Wildman–Crippen LogP) is 4.32. The topological polar surface area (TPSA) is 44.1 Å². The van der Waals surface area contributed by atoms with Crippen LogP contribution in [0.5, 0.6) is 0 Å². The van der Waals surface area contributed by atoms with Crippen LogP contribution in [-0.2, 0) is 13.0 Å². The molecule has 0 unspecified atom stereocenters. The molecule has 0 fully saturated rings. The predicted molar refractivity (Wildman–Crippen MR) is 94.5 cm³/mol. The highest BCUT2D eigenvalue weighted by atomic mass is 32.1. The first-order chi connectivity index (χ1) is 11.1. The highest BCUT2D eigenvalue weighted by Gasteiger charge is 2.18. The van der Waals surface area contributed by atoms with Crippen LogP contribution in [0, 0.1) is 18.3 Å². The molecule has 1 amide bonds. The third kappa shape index (κ3) is 4.08. The lowest BCUT2D eigenvalue weighted by molar-refractivity contribution is 0.0767. The smallest absolute Gasteiger partial charge is 0.264 e. The van der Waals surface area contributed by atoms with Crippen LogP contribution in [0.25, 0.3) is 0 Å². The number of hydrogen-bond donors (Lipinski definition) is 0. The second-order valence-electron chi connectivity index (χ2n) is 5.33. The molecule has 0 bridgehead atoms. The third-order valence-electron chi connectivity index (χ3n) is 3.71. The molecule has 1 aromatic heterocycles.